The molecule has 0 heterocycles. The third kappa shape index (κ3) is 3.59. The number of hydrogen-bond acceptors (Lipinski definition) is 2. The highest BCUT2D eigenvalue weighted by Gasteiger charge is 2.29. The molecule has 0 spiro atoms. The van der Waals surface area contributed by atoms with Gasteiger partial charge in [-0.2, -0.15) is 0 Å². The van der Waals surface area contributed by atoms with Crippen LogP contribution in [0.15, 0.2) is 22.7 Å². The van der Waals surface area contributed by atoms with Crippen molar-refractivity contribution >= 4 is 15.9 Å². The molecule has 19 heavy (non-hydrogen) atoms. The molecule has 2 nitrogen and oxygen atoms in total. The Morgan fingerprint density at radius 3 is 2.89 bits per heavy atom. The summed E-state index contributed by atoms with van der Waals surface area (Å²) in [6.45, 7) is 4.48. The standard InChI is InChI=1S/C16H25BrN2/c1-3-12-5-4-6-13(9-12)16(19-18)15-10-14(17)8-7-11(15)2/h7-8,10,12-13,16,19H,3-6,9,18H2,1-2H3. The number of nitrogens with two attached hydrogens (primary N) is 1. The van der Waals surface area contributed by atoms with Gasteiger partial charge in [0.05, 0.1) is 0 Å². The molecule has 1 saturated carbocycles. The van der Waals surface area contributed by atoms with Crippen molar-refractivity contribution in [1.82, 2.24) is 5.43 Å². The zero-order chi connectivity index (χ0) is 13.8. The van der Waals surface area contributed by atoms with Gasteiger partial charge in [0.25, 0.3) is 0 Å². The van der Waals surface area contributed by atoms with Crippen molar-refractivity contribution < 1.29 is 0 Å². The van der Waals surface area contributed by atoms with Gasteiger partial charge in [0.2, 0.25) is 0 Å². The number of hydrazine groups is 1. The van der Waals surface area contributed by atoms with Crippen molar-refractivity contribution in [2.75, 3.05) is 0 Å². The Labute approximate surface area is 125 Å². The lowest BCUT2D eigenvalue weighted by Gasteiger charge is -2.35. The molecule has 0 saturated heterocycles. The molecule has 3 atom stereocenters. The molecule has 2 rings (SSSR count). The molecule has 1 fully saturated rings. The molecule has 1 aliphatic rings. The second-order valence-electron chi connectivity index (χ2n) is 5.85. The molecule has 0 aliphatic heterocycles. The lowest BCUT2D eigenvalue weighted by molar-refractivity contribution is 0.209. The first-order valence-electron chi connectivity index (χ1n) is 7.37. The van der Waals surface area contributed by atoms with Crippen molar-refractivity contribution in [1.29, 1.82) is 0 Å². The van der Waals surface area contributed by atoms with E-state index < -0.39 is 0 Å². The van der Waals surface area contributed by atoms with Crippen LogP contribution in [0.3, 0.4) is 0 Å². The molecule has 3 N–H and O–H groups in total. The Hall–Kier alpha value is -0.380. The van der Waals surface area contributed by atoms with E-state index in [0.29, 0.717) is 5.92 Å². The van der Waals surface area contributed by atoms with Crippen LogP contribution in [0.5, 0.6) is 0 Å². The Bertz CT molecular complexity index is 419. The summed E-state index contributed by atoms with van der Waals surface area (Å²) in [7, 11) is 0. The average molecular weight is 325 g/mol. The first-order valence-corrected chi connectivity index (χ1v) is 8.17. The fourth-order valence-electron chi connectivity index (χ4n) is 3.43. The van der Waals surface area contributed by atoms with Crippen LogP contribution < -0.4 is 11.3 Å². The summed E-state index contributed by atoms with van der Waals surface area (Å²) >= 11 is 3.57. The molecule has 3 heteroatoms. The van der Waals surface area contributed by atoms with Crippen LogP contribution in [0.1, 0.15) is 56.2 Å². The predicted octanol–water partition coefficient (Wildman–Crippen LogP) is 4.48. The monoisotopic (exact) mass is 324 g/mol. The van der Waals surface area contributed by atoms with Crippen LogP contribution in [0.2, 0.25) is 0 Å². The van der Waals surface area contributed by atoms with Crippen molar-refractivity contribution in [3.05, 3.63) is 33.8 Å². The molecule has 106 valence electrons. The Morgan fingerprint density at radius 2 is 2.21 bits per heavy atom. The van der Waals surface area contributed by atoms with Crippen LogP contribution in [0.4, 0.5) is 0 Å². The fraction of sp³-hybridized carbons (Fsp3) is 0.625. The highest BCUT2D eigenvalue weighted by molar-refractivity contribution is 9.10. The third-order valence-electron chi connectivity index (χ3n) is 4.63. The Morgan fingerprint density at radius 1 is 1.42 bits per heavy atom. The largest absolute Gasteiger partial charge is 0.271 e. The zero-order valence-corrected chi connectivity index (χ0v) is 13.5. The highest BCUT2D eigenvalue weighted by Crippen LogP contribution is 2.39. The van der Waals surface area contributed by atoms with Gasteiger partial charge in [-0.3, -0.25) is 11.3 Å². The Kier molecular flexibility index (Phi) is 5.43. The van der Waals surface area contributed by atoms with E-state index in [1.807, 2.05) is 0 Å². The number of benzene rings is 1. The second kappa shape index (κ2) is 6.87. The molecule has 1 aliphatic carbocycles. The first-order chi connectivity index (χ1) is 9.15. The third-order valence-corrected chi connectivity index (χ3v) is 5.12. The van der Waals surface area contributed by atoms with E-state index in [9.17, 15) is 0 Å². The average Bonchev–Trinajstić information content (AvgIpc) is 2.44. The van der Waals surface area contributed by atoms with Gasteiger partial charge in [0, 0.05) is 10.5 Å². The topological polar surface area (TPSA) is 38.0 Å². The maximum Gasteiger partial charge on any atom is 0.0491 e. The van der Waals surface area contributed by atoms with Gasteiger partial charge in [0.15, 0.2) is 0 Å². The van der Waals surface area contributed by atoms with Gasteiger partial charge in [-0.05, 0) is 54.9 Å². The summed E-state index contributed by atoms with van der Waals surface area (Å²) in [6.07, 6.45) is 6.62. The van der Waals surface area contributed by atoms with Crippen LogP contribution in [0.25, 0.3) is 0 Å². The molecular weight excluding hydrogens is 300 g/mol. The van der Waals surface area contributed by atoms with Gasteiger partial charge in [-0.15, -0.1) is 0 Å². The zero-order valence-electron chi connectivity index (χ0n) is 12.0. The van der Waals surface area contributed by atoms with Crippen molar-refractivity contribution in [3.8, 4) is 0 Å². The maximum absolute atomic E-state index is 5.88. The minimum absolute atomic E-state index is 0.284. The Balaban J connectivity index is 2.21. The van der Waals surface area contributed by atoms with E-state index in [1.165, 1.54) is 43.2 Å². The predicted molar refractivity (Wildman–Crippen MR) is 84.7 cm³/mol. The molecule has 0 aromatic heterocycles. The number of aryl methyl sites for hydroxylation is 1. The van der Waals surface area contributed by atoms with E-state index in [-0.39, 0.29) is 6.04 Å². The van der Waals surface area contributed by atoms with E-state index in [1.54, 1.807) is 0 Å². The minimum atomic E-state index is 0.284. The summed E-state index contributed by atoms with van der Waals surface area (Å²) in [4.78, 5) is 0. The molecule has 0 radical (unpaired) electrons. The van der Waals surface area contributed by atoms with Gasteiger partial charge >= 0.3 is 0 Å². The summed E-state index contributed by atoms with van der Waals surface area (Å²) in [5.41, 5.74) is 5.75. The van der Waals surface area contributed by atoms with Crippen molar-refractivity contribution in [2.45, 2.75) is 52.0 Å². The van der Waals surface area contributed by atoms with Crippen LogP contribution in [0, 0.1) is 18.8 Å². The molecule has 1 aromatic rings. The smallest absolute Gasteiger partial charge is 0.0491 e. The number of rotatable bonds is 4. The lowest BCUT2D eigenvalue weighted by Crippen LogP contribution is -2.36. The first kappa shape index (κ1) is 15.0. The molecular formula is C16H25BrN2. The van der Waals surface area contributed by atoms with E-state index in [4.69, 9.17) is 5.84 Å². The molecule has 1 aromatic carbocycles. The van der Waals surface area contributed by atoms with Crippen molar-refractivity contribution in [2.24, 2.45) is 17.7 Å². The highest BCUT2D eigenvalue weighted by atomic mass is 79.9. The van der Waals surface area contributed by atoms with Gasteiger partial charge in [0.1, 0.15) is 0 Å². The molecule has 0 amide bonds. The number of halogens is 1. The van der Waals surface area contributed by atoms with Crippen LogP contribution in [-0.4, -0.2) is 0 Å². The van der Waals surface area contributed by atoms with E-state index in [2.05, 4.69) is 53.4 Å². The summed E-state index contributed by atoms with van der Waals surface area (Å²) in [6, 6.07) is 6.77. The maximum atomic E-state index is 5.88. The van der Waals surface area contributed by atoms with Crippen LogP contribution in [-0.2, 0) is 0 Å². The van der Waals surface area contributed by atoms with Gasteiger partial charge in [-0.1, -0.05) is 48.2 Å². The van der Waals surface area contributed by atoms with Crippen LogP contribution >= 0.6 is 15.9 Å². The quantitative estimate of drug-likeness (QED) is 0.633. The summed E-state index contributed by atoms with van der Waals surface area (Å²) in [5, 5.41) is 0. The minimum Gasteiger partial charge on any atom is -0.271 e. The summed E-state index contributed by atoms with van der Waals surface area (Å²) in [5.74, 6) is 7.42. The lowest BCUT2D eigenvalue weighted by atomic mass is 9.75. The van der Waals surface area contributed by atoms with E-state index >= 15 is 0 Å². The SMILES string of the molecule is CCC1CCCC(C(NN)c2cc(Br)ccc2C)C1. The molecule has 3 unspecified atom stereocenters. The number of hydrogen-bond donors (Lipinski definition) is 2. The summed E-state index contributed by atoms with van der Waals surface area (Å²) < 4.78 is 1.14. The second-order valence-corrected chi connectivity index (χ2v) is 6.76. The molecule has 0 bridgehead atoms. The van der Waals surface area contributed by atoms with E-state index in [0.717, 1.165) is 10.4 Å². The van der Waals surface area contributed by atoms with Gasteiger partial charge in [-0.25, -0.2) is 0 Å². The fourth-order valence-corrected chi connectivity index (χ4v) is 3.81. The number of nitrogens with one attached hydrogen (secondary N) is 1. The van der Waals surface area contributed by atoms with Crippen molar-refractivity contribution in [3.63, 3.8) is 0 Å². The van der Waals surface area contributed by atoms with Gasteiger partial charge < -0.3 is 0 Å². The normalized spacial score (nSPS) is 25.3.